The second-order valence-electron chi connectivity index (χ2n) is 4.56. The lowest BCUT2D eigenvalue weighted by atomic mass is 10.1. The molecule has 0 aromatic heterocycles. The molecule has 0 fully saturated rings. The van der Waals surface area contributed by atoms with Gasteiger partial charge in [0.25, 0.3) is 0 Å². The first kappa shape index (κ1) is 17.6. The number of benzene rings is 2. The van der Waals surface area contributed by atoms with Gasteiger partial charge in [0.05, 0.1) is 16.1 Å². The predicted molar refractivity (Wildman–Crippen MR) is 99.7 cm³/mol. The first-order chi connectivity index (χ1) is 11.0. The normalized spacial score (nSPS) is 14.9. The van der Waals surface area contributed by atoms with Gasteiger partial charge in [-0.05, 0) is 68.8 Å². The molecule has 9 heteroatoms. The molecule has 1 N–H and O–H groups in total. The highest BCUT2D eigenvalue weighted by Gasteiger charge is 2.33. The van der Waals surface area contributed by atoms with Crippen molar-refractivity contribution in [3.05, 3.63) is 53.6 Å². The minimum absolute atomic E-state index is 0.491. The fourth-order valence-electron chi connectivity index (χ4n) is 1.95. The van der Waals surface area contributed by atoms with Crippen LogP contribution < -0.4 is 5.32 Å². The van der Waals surface area contributed by atoms with Crippen LogP contribution in [-0.2, 0) is 12.7 Å². The van der Waals surface area contributed by atoms with Crippen molar-refractivity contribution in [1.29, 1.82) is 0 Å². The zero-order valence-corrected chi connectivity index (χ0v) is 15.5. The van der Waals surface area contributed by atoms with Crippen LogP contribution in [0, 0.1) is 0 Å². The summed E-state index contributed by atoms with van der Waals surface area (Å²) in [5.74, 6) is 0. The van der Waals surface area contributed by atoms with Crippen molar-refractivity contribution in [2.75, 3.05) is 5.32 Å². The Morgan fingerprint density at radius 2 is 1.65 bits per heavy atom. The molecule has 0 radical (unpaired) electrons. The van der Waals surface area contributed by atoms with Crippen molar-refractivity contribution in [2.45, 2.75) is 22.5 Å². The summed E-state index contributed by atoms with van der Waals surface area (Å²) in [6, 6.07) is 12.1. The van der Waals surface area contributed by atoms with E-state index in [4.69, 9.17) is 0 Å². The number of alkyl halides is 3. The van der Waals surface area contributed by atoms with Crippen molar-refractivity contribution in [2.24, 2.45) is 0 Å². The first-order valence-electron chi connectivity index (χ1n) is 6.41. The van der Waals surface area contributed by atoms with Crippen molar-refractivity contribution in [3.63, 3.8) is 0 Å². The highest BCUT2D eigenvalue weighted by molar-refractivity contribution is 9.36. The Balaban J connectivity index is 1.93. The van der Waals surface area contributed by atoms with E-state index in [9.17, 15) is 13.2 Å². The third-order valence-electron chi connectivity index (χ3n) is 3.00. The van der Waals surface area contributed by atoms with Crippen LogP contribution in [0.5, 0.6) is 0 Å². The molecule has 0 bridgehead atoms. The summed E-state index contributed by atoms with van der Waals surface area (Å²) in [6.07, 6.45) is -4.35. The van der Waals surface area contributed by atoms with Gasteiger partial charge < -0.3 is 5.32 Å². The second-order valence-corrected chi connectivity index (χ2v) is 12.0. The molecular formula is C14H10F3NS5. The Kier molecular flexibility index (Phi) is 5.95. The second kappa shape index (κ2) is 7.77. The van der Waals surface area contributed by atoms with Crippen LogP contribution in [0.1, 0.15) is 11.1 Å². The molecule has 0 saturated carbocycles. The molecule has 0 amide bonds. The van der Waals surface area contributed by atoms with Crippen LogP contribution in [0.4, 0.5) is 18.9 Å². The molecule has 0 aliphatic carbocycles. The Bertz CT molecular complexity index is 678. The van der Waals surface area contributed by atoms with E-state index < -0.39 is 11.7 Å². The van der Waals surface area contributed by atoms with Crippen LogP contribution in [0.3, 0.4) is 0 Å². The smallest absolute Gasteiger partial charge is 0.380 e. The number of hydrogen-bond donors (Lipinski definition) is 1. The molecule has 0 saturated heterocycles. The van der Waals surface area contributed by atoms with E-state index in [0.717, 1.165) is 10.5 Å². The molecule has 122 valence electrons. The Morgan fingerprint density at radius 3 is 2.39 bits per heavy atom. The monoisotopic (exact) mass is 409 g/mol. The number of rotatable bonds is 3. The molecule has 1 nitrogen and oxygen atoms in total. The van der Waals surface area contributed by atoms with Gasteiger partial charge in [-0.25, -0.2) is 0 Å². The zero-order valence-electron chi connectivity index (χ0n) is 11.4. The minimum atomic E-state index is -4.35. The molecule has 0 spiro atoms. The summed E-state index contributed by atoms with van der Waals surface area (Å²) in [4.78, 5) is 1.52. The van der Waals surface area contributed by atoms with Crippen LogP contribution in [0.25, 0.3) is 0 Å². The van der Waals surface area contributed by atoms with Crippen molar-refractivity contribution >= 4 is 56.8 Å². The van der Waals surface area contributed by atoms with Crippen LogP contribution >= 0.6 is 51.1 Å². The highest BCUT2D eigenvalue weighted by atomic mass is 33.8. The van der Waals surface area contributed by atoms with E-state index in [1.165, 1.54) is 43.5 Å². The van der Waals surface area contributed by atoms with Gasteiger partial charge in [0.1, 0.15) is 0 Å². The van der Waals surface area contributed by atoms with Crippen LogP contribution in [0.15, 0.2) is 52.3 Å². The number of hydrogen-bond acceptors (Lipinski definition) is 6. The average molecular weight is 410 g/mol. The summed E-state index contributed by atoms with van der Waals surface area (Å²) in [5.41, 5.74) is 0.950. The van der Waals surface area contributed by atoms with E-state index in [0.29, 0.717) is 17.1 Å². The van der Waals surface area contributed by atoms with Gasteiger partial charge in [0.2, 0.25) is 0 Å². The molecule has 0 atom stereocenters. The Hall–Kier alpha value is -0.220. The summed E-state index contributed by atoms with van der Waals surface area (Å²) < 4.78 is 39.4. The SMILES string of the molecule is FC(F)(F)c1cc(NCc2ccccc2)c2c(c1)SSSSS2. The highest BCUT2D eigenvalue weighted by Crippen LogP contribution is 2.61. The van der Waals surface area contributed by atoms with Gasteiger partial charge in [-0.1, -0.05) is 30.3 Å². The molecule has 1 aliphatic heterocycles. The first-order valence-corrected chi connectivity index (χ1v) is 12.6. The molecule has 1 aliphatic rings. The standard InChI is InChI=1S/C14H10F3NS5/c15-14(16,17)10-6-11(18-8-9-4-2-1-3-5-9)13-12(7-10)19-21-23-22-20-13/h1-7,18H,8H2. The zero-order chi connectivity index (χ0) is 16.3. The van der Waals surface area contributed by atoms with E-state index in [1.807, 2.05) is 30.3 Å². The summed E-state index contributed by atoms with van der Waals surface area (Å²) in [7, 11) is 7.47. The van der Waals surface area contributed by atoms with Crippen LogP contribution in [0.2, 0.25) is 0 Å². The lowest BCUT2D eigenvalue weighted by Gasteiger charge is -2.16. The quantitative estimate of drug-likeness (QED) is 0.527. The maximum atomic E-state index is 13.1. The van der Waals surface area contributed by atoms with E-state index in [2.05, 4.69) is 5.32 Å². The molecule has 3 rings (SSSR count). The molecule has 23 heavy (non-hydrogen) atoms. The van der Waals surface area contributed by atoms with Gasteiger partial charge in [0.15, 0.2) is 0 Å². The summed E-state index contributed by atoms with van der Waals surface area (Å²) in [5, 5.41) is 3.16. The maximum Gasteiger partial charge on any atom is 0.416 e. The van der Waals surface area contributed by atoms with Gasteiger partial charge in [0, 0.05) is 11.4 Å². The molecule has 2 aromatic rings. The predicted octanol–water partition coefficient (Wildman–Crippen LogP) is 7.37. The Labute approximate surface area is 150 Å². The molecule has 0 unspecified atom stereocenters. The molecule has 1 heterocycles. The number of nitrogens with one attached hydrogen (secondary N) is 1. The van der Waals surface area contributed by atoms with E-state index in [1.54, 1.807) is 19.7 Å². The third-order valence-corrected chi connectivity index (χ3v) is 11.5. The van der Waals surface area contributed by atoms with E-state index >= 15 is 0 Å². The van der Waals surface area contributed by atoms with Gasteiger partial charge in [-0.3, -0.25) is 0 Å². The topological polar surface area (TPSA) is 12.0 Å². The summed E-state index contributed by atoms with van der Waals surface area (Å²) >= 11 is 0. The largest absolute Gasteiger partial charge is 0.416 e. The van der Waals surface area contributed by atoms with Crippen molar-refractivity contribution in [1.82, 2.24) is 0 Å². The summed E-state index contributed by atoms with van der Waals surface area (Å²) in [6.45, 7) is 0.491. The van der Waals surface area contributed by atoms with Gasteiger partial charge >= 0.3 is 6.18 Å². The van der Waals surface area contributed by atoms with Gasteiger partial charge in [-0.15, -0.1) is 0 Å². The van der Waals surface area contributed by atoms with Crippen molar-refractivity contribution in [3.8, 4) is 0 Å². The lowest BCUT2D eigenvalue weighted by Crippen LogP contribution is -2.08. The maximum absolute atomic E-state index is 13.1. The van der Waals surface area contributed by atoms with E-state index in [-0.39, 0.29) is 0 Å². The molecule has 2 aromatic carbocycles. The fourth-order valence-corrected chi connectivity index (χ4v) is 11.0. The Morgan fingerprint density at radius 1 is 0.913 bits per heavy atom. The van der Waals surface area contributed by atoms with Crippen LogP contribution in [-0.4, -0.2) is 0 Å². The molecular weight excluding hydrogens is 399 g/mol. The number of fused-ring (bicyclic) bond motifs is 1. The lowest BCUT2D eigenvalue weighted by molar-refractivity contribution is -0.137. The number of anilines is 1. The average Bonchev–Trinajstić information content (AvgIpc) is 2.78. The number of halogens is 3. The minimum Gasteiger partial charge on any atom is -0.380 e. The van der Waals surface area contributed by atoms with Gasteiger partial charge in [-0.2, -0.15) is 13.2 Å². The van der Waals surface area contributed by atoms with Crippen molar-refractivity contribution < 1.29 is 13.2 Å². The fraction of sp³-hybridized carbons (Fsp3) is 0.143. The third kappa shape index (κ3) is 4.66.